The van der Waals surface area contributed by atoms with Crippen LogP contribution in [0.2, 0.25) is 0 Å². The molecule has 1 N–H and O–H groups in total. The van der Waals surface area contributed by atoms with E-state index in [1.54, 1.807) is 14.0 Å². The number of nitrogens with one attached hydrogen (secondary N) is 1. The minimum atomic E-state index is -0.711. The molecule has 1 heterocycles. The number of rotatable bonds is 8. The summed E-state index contributed by atoms with van der Waals surface area (Å²) in [5, 5.41) is 3.00. The van der Waals surface area contributed by atoms with Crippen LogP contribution in [0.15, 0.2) is 0 Å². The van der Waals surface area contributed by atoms with Crippen LogP contribution >= 0.6 is 0 Å². The molecule has 21 heavy (non-hydrogen) atoms. The number of piperidine rings is 1. The first kappa shape index (κ1) is 15.9. The van der Waals surface area contributed by atoms with Crippen LogP contribution in [0, 0.1) is 11.8 Å². The number of fused-ring (bicyclic) bond motifs is 1. The van der Waals surface area contributed by atoms with Crippen LogP contribution in [-0.4, -0.2) is 48.4 Å². The summed E-state index contributed by atoms with van der Waals surface area (Å²) in [4.78, 5) is 36.9. The van der Waals surface area contributed by atoms with Crippen molar-refractivity contribution >= 4 is 17.8 Å². The van der Waals surface area contributed by atoms with Gasteiger partial charge in [0, 0.05) is 6.54 Å². The van der Waals surface area contributed by atoms with E-state index in [2.05, 4.69) is 5.32 Å². The second-order valence-electron chi connectivity index (χ2n) is 6.04. The number of likely N-dealkylation sites (N-methyl/N-ethyl adjacent to an activating group) is 1. The summed E-state index contributed by atoms with van der Waals surface area (Å²) >= 11 is 0. The molecular weight excluding hydrogens is 272 g/mol. The van der Waals surface area contributed by atoms with Crippen molar-refractivity contribution in [3.63, 3.8) is 0 Å². The summed E-state index contributed by atoms with van der Waals surface area (Å²) in [6.07, 6.45) is 2.83. The smallest absolute Gasteiger partial charge is 0.326 e. The third kappa shape index (κ3) is 3.10. The van der Waals surface area contributed by atoms with Crippen LogP contribution < -0.4 is 5.32 Å². The summed E-state index contributed by atoms with van der Waals surface area (Å²) < 4.78 is 5.06. The Balaban J connectivity index is 1.75. The molecule has 0 aromatic heterocycles. The van der Waals surface area contributed by atoms with E-state index in [9.17, 15) is 14.4 Å². The third-order valence-electron chi connectivity index (χ3n) is 4.54. The molecule has 118 valence electrons. The van der Waals surface area contributed by atoms with Crippen molar-refractivity contribution in [2.24, 2.45) is 11.8 Å². The van der Waals surface area contributed by atoms with Gasteiger partial charge in [-0.05, 0) is 46.6 Å². The Hall–Kier alpha value is -1.43. The predicted octanol–water partition coefficient (Wildman–Crippen LogP) is 0.703. The molecule has 0 aromatic rings. The lowest BCUT2D eigenvalue weighted by Crippen LogP contribution is -2.48. The minimum Gasteiger partial charge on any atom is -0.465 e. The molecule has 3 atom stereocenters. The van der Waals surface area contributed by atoms with Gasteiger partial charge >= 0.3 is 5.97 Å². The van der Waals surface area contributed by atoms with Crippen LogP contribution in [0.25, 0.3) is 0 Å². The SMILES string of the molecule is CCOC(=O)C(C)(CCCCN1C(=O)C2CC2C1=O)NC. The molecule has 3 unspecified atom stereocenters. The van der Waals surface area contributed by atoms with Gasteiger partial charge in [0.1, 0.15) is 5.54 Å². The largest absolute Gasteiger partial charge is 0.465 e. The molecule has 2 amide bonds. The third-order valence-corrected chi connectivity index (χ3v) is 4.54. The minimum absolute atomic E-state index is 0.00762. The molecule has 1 saturated heterocycles. The van der Waals surface area contributed by atoms with Gasteiger partial charge in [0.25, 0.3) is 0 Å². The number of imide groups is 1. The Labute approximate surface area is 125 Å². The van der Waals surface area contributed by atoms with Crippen molar-refractivity contribution < 1.29 is 19.1 Å². The van der Waals surface area contributed by atoms with Crippen molar-refractivity contribution in [3.05, 3.63) is 0 Å². The fourth-order valence-electron chi connectivity index (χ4n) is 2.84. The van der Waals surface area contributed by atoms with Crippen molar-refractivity contribution in [1.29, 1.82) is 0 Å². The lowest BCUT2D eigenvalue weighted by Gasteiger charge is -2.27. The Morgan fingerprint density at radius 3 is 2.48 bits per heavy atom. The zero-order valence-corrected chi connectivity index (χ0v) is 13.0. The summed E-state index contributed by atoms with van der Waals surface area (Å²) in [5.74, 6) is -0.333. The monoisotopic (exact) mass is 296 g/mol. The molecule has 6 nitrogen and oxygen atoms in total. The van der Waals surface area contributed by atoms with Crippen LogP contribution in [0.1, 0.15) is 39.5 Å². The number of unbranched alkanes of at least 4 members (excludes halogenated alkanes) is 1. The van der Waals surface area contributed by atoms with E-state index in [1.807, 2.05) is 6.92 Å². The average molecular weight is 296 g/mol. The number of nitrogens with zero attached hydrogens (tertiary/aromatic N) is 1. The van der Waals surface area contributed by atoms with Crippen molar-refractivity contribution in [2.45, 2.75) is 45.1 Å². The maximum atomic E-state index is 11.9. The topological polar surface area (TPSA) is 75.7 Å². The van der Waals surface area contributed by atoms with E-state index >= 15 is 0 Å². The molecule has 0 aromatic carbocycles. The molecule has 2 aliphatic rings. The van der Waals surface area contributed by atoms with Gasteiger partial charge in [-0.1, -0.05) is 0 Å². The van der Waals surface area contributed by atoms with Gasteiger partial charge < -0.3 is 10.1 Å². The van der Waals surface area contributed by atoms with Crippen LogP contribution in [0.5, 0.6) is 0 Å². The van der Waals surface area contributed by atoms with Gasteiger partial charge in [0.2, 0.25) is 11.8 Å². The van der Waals surface area contributed by atoms with E-state index in [-0.39, 0.29) is 29.6 Å². The first-order valence-corrected chi connectivity index (χ1v) is 7.66. The highest BCUT2D eigenvalue weighted by atomic mass is 16.5. The Kier molecular flexibility index (Phi) is 4.66. The van der Waals surface area contributed by atoms with E-state index in [0.29, 0.717) is 26.0 Å². The Morgan fingerprint density at radius 1 is 1.33 bits per heavy atom. The number of hydrogen-bond donors (Lipinski definition) is 1. The highest BCUT2D eigenvalue weighted by Crippen LogP contribution is 2.46. The van der Waals surface area contributed by atoms with Gasteiger partial charge in [0.05, 0.1) is 18.4 Å². The molecule has 2 rings (SSSR count). The Bertz CT molecular complexity index is 431. The number of likely N-dealkylation sites (tertiary alicyclic amines) is 1. The molecule has 0 spiro atoms. The van der Waals surface area contributed by atoms with Crippen LogP contribution in [0.3, 0.4) is 0 Å². The fourth-order valence-corrected chi connectivity index (χ4v) is 2.84. The molecule has 6 heteroatoms. The van der Waals surface area contributed by atoms with Crippen LogP contribution in [-0.2, 0) is 19.1 Å². The van der Waals surface area contributed by atoms with Gasteiger partial charge in [-0.15, -0.1) is 0 Å². The zero-order chi connectivity index (χ0) is 15.6. The molecule has 1 aliphatic heterocycles. The van der Waals surface area contributed by atoms with E-state index in [0.717, 1.165) is 12.8 Å². The lowest BCUT2D eigenvalue weighted by atomic mass is 9.95. The molecule has 1 aliphatic carbocycles. The standard InChI is InChI=1S/C15H24N2O4/c1-4-21-14(20)15(2,16-3)7-5-6-8-17-12(18)10-9-11(10)13(17)19/h10-11,16H,4-9H2,1-3H3. The molecule has 0 bridgehead atoms. The summed E-state index contributed by atoms with van der Waals surface area (Å²) in [7, 11) is 1.73. The quantitative estimate of drug-likeness (QED) is 0.405. The second-order valence-corrected chi connectivity index (χ2v) is 6.04. The maximum absolute atomic E-state index is 11.9. The fraction of sp³-hybridized carbons (Fsp3) is 0.800. The van der Waals surface area contributed by atoms with Crippen molar-refractivity contribution in [2.75, 3.05) is 20.2 Å². The highest BCUT2D eigenvalue weighted by Gasteiger charge is 2.58. The first-order chi connectivity index (χ1) is 9.94. The highest BCUT2D eigenvalue weighted by molar-refractivity contribution is 6.08. The normalized spacial score (nSPS) is 26.5. The Morgan fingerprint density at radius 2 is 1.95 bits per heavy atom. The van der Waals surface area contributed by atoms with E-state index < -0.39 is 5.54 Å². The number of carbonyl (C=O) groups is 3. The summed E-state index contributed by atoms with van der Waals surface area (Å²) in [6, 6.07) is 0. The zero-order valence-electron chi connectivity index (χ0n) is 13.0. The van der Waals surface area contributed by atoms with Crippen LogP contribution in [0.4, 0.5) is 0 Å². The molecule has 2 fully saturated rings. The summed E-state index contributed by atoms with van der Waals surface area (Å²) in [5.41, 5.74) is -0.711. The maximum Gasteiger partial charge on any atom is 0.326 e. The molecule has 0 radical (unpaired) electrons. The number of esters is 1. The van der Waals surface area contributed by atoms with Crippen molar-refractivity contribution in [1.82, 2.24) is 10.2 Å². The van der Waals surface area contributed by atoms with E-state index in [1.165, 1.54) is 4.90 Å². The number of amides is 2. The number of ether oxygens (including phenoxy) is 1. The first-order valence-electron chi connectivity index (χ1n) is 7.66. The van der Waals surface area contributed by atoms with Gasteiger partial charge in [-0.3, -0.25) is 19.3 Å². The van der Waals surface area contributed by atoms with E-state index in [4.69, 9.17) is 4.74 Å². The second kappa shape index (κ2) is 6.13. The molecular formula is C15H24N2O4. The number of hydrogen-bond acceptors (Lipinski definition) is 5. The average Bonchev–Trinajstić information content (AvgIpc) is 3.22. The van der Waals surface area contributed by atoms with Gasteiger partial charge in [-0.2, -0.15) is 0 Å². The lowest BCUT2D eigenvalue weighted by molar-refractivity contribution is -0.151. The predicted molar refractivity (Wildman–Crippen MR) is 76.3 cm³/mol. The van der Waals surface area contributed by atoms with Crippen molar-refractivity contribution in [3.8, 4) is 0 Å². The number of carbonyl (C=O) groups excluding carboxylic acids is 3. The summed E-state index contributed by atoms with van der Waals surface area (Å²) in [6.45, 7) is 4.42. The van der Waals surface area contributed by atoms with Gasteiger partial charge in [-0.25, -0.2) is 0 Å². The van der Waals surface area contributed by atoms with Gasteiger partial charge in [0.15, 0.2) is 0 Å². The molecule has 1 saturated carbocycles.